The van der Waals surface area contributed by atoms with Gasteiger partial charge in [0.15, 0.2) is 0 Å². The molecule has 0 saturated heterocycles. The molecular formula is C52H80Br2O3. The van der Waals surface area contributed by atoms with E-state index in [1.54, 1.807) is 0 Å². The number of rotatable bonds is 33. The molecule has 3 aromatic rings. The first-order valence-corrected chi connectivity index (χ1v) is 25.3. The van der Waals surface area contributed by atoms with Crippen LogP contribution in [-0.2, 0) is 25.7 Å². The molecule has 5 heteroatoms. The second kappa shape index (κ2) is 30.1. The number of hydrogen-bond donors (Lipinski definition) is 3. The lowest BCUT2D eigenvalue weighted by molar-refractivity contribution is 0.464. The van der Waals surface area contributed by atoms with Gasteiger partial charge in [0.25, 0.3) is 0 Å². The zero-order chi connectivity index (χ0) is 41.1. The van der Waals surface area contributed by atoms with Crippen LogP contribution in [0.4, 0.5) is 0 Å². The number of phenolic OH excluding ortho intramolecular Hbond substituents is 3. The van der Waals surface area contributed by atoms with Crippen molar-refractivity contribution >= 4 is 31.9 Å². The van der Waals surface area contributed by atoms with Gasteiger partial charge in [-0.3, -0.25) is 0 Å². The average Bonchev–Trinajstić information content (AvgIpc) is 3.21. The Morgan fingerprint density at radius 3 is 1.09 bits per heavy atom. The summed E-state index contributed by atoms with van der Waals surface area (Å²) >= 11 is 8.36. The van der Waals surface area contributed by atoms with E-state index in [1.165, 1.54) is 152 Å². The summed E-state index contributed by atoms with van der Waals surface area (Å²) in [6, 6.07) is 18.6. The second-order valence-corrected chi connectivity index (χ2v) is 19.3. The summed E-state index contributed by atoms with van der Waals surface area (Å²) < 4.78 is 0. The molecule has 0 amide bonds. The fraction of sp³-hybridized carbons (Fsp3) is 0.654. The SMILES string of the molecule is CCCCCCCCCCc1cc(CC(Br)C(Br)C(c2ccc(O)c(CCCCCCCCCC)c2)c2ccc(O)c(CCCCCCCCCC)c2)ccc1O. The summed E-state index contributed by atoms with van der Waals surface area (Å²) in [7, 11) is 0. The summed E-state index contributed by atoms with van der Waals surface area (Å²) in [6.45, 7) is 6.80. The first kappa shape index (κ1) is 49.4. The van der Waals surface area contributed by atoms with Gasteiger partial charge in [0.05, 0.1) is 0 Å². The van der Waals surface area contributed by atoms with E-state index in [4.69, 9.17) is 0 Å². The maximum atomic E-state index is 11.0. The van der Waals surface area contributed by atoms with Crippen molar-refractivity contribution in [2.45, 2.75) is 216 Å². The Morgan fingerprint density at radius 2 is 0.719 bits per heavy atom. The van der Waals surface area contributed by atoms with Gasteiger partial charge in [0.2, 0.25) is 0 Å². The standard InChI is InChI=1S/C52H80Br2O3/c1-4-7-10-13-16-19-22-25-28-42-37-41(31-34-48(42)55)38-47(53)52(54)51(45-32-35-49(56)43(39-45)29-26-23-20-17-14-11-8-5-2)46-33-36-50(57)44(40-46)30-27-24-21-18-15-12-9-6-3/h31-37,39-40,47,51-52,55-57H,4-30,38H2,1-3H3. The molecule has 57 heavy (non-hydrogen) atoms. The molecule has 3 rings (SSSR count). The van der Waals surface area contributed by atoms with Gasteiger partial charge in [-0.2, -0.15) is 0 Å². The highest BCUT2D eigenvalue weighted by Gasteiger charge is 2.30. The van der Waals surface area contributed by atoms with Crippen molar-refractivity contribution in [3.05, 3.63) is 88.0 Å². The molecule has 0 saturated carbocycles. The lowest BCUT2D eigenvalue weighted by Crippen LogP contribution is -2.25. The van der Waals surface area contributed by atoms with Gasteiger partial charge < -0.3 is 15.3 Å². The maximum absolute atomic E-state index is 11.0. The van der Waals surface area contributed by atoms with Crippen LogP contribution in [0, 0.1) is 0 Å². The quantitative estimate of drug-likeness (QED) is 0.0421. The Bertz CT molecular complexity index is 1420. The number of alkyl halides is 2. The molecule has 3 nitrogen and oxygen atoms in total. The molecule has 0 heterocycles. The van der Waals surface area contributed by atoms with Gasteiger partial charge in [0.1, 0.15) is 17.2 Å². The first-order valence-electron chi connectivity index (χ1n) is 23.5. The summed E-state index contributed by atoms with van der Waals surface area (Å²) in [6.07, 6.45) is 33.9. The van der Waals surface area contributed by atoms with E-state index < -0.39 is 0 Å². The molecule has 0 aliphatic rings. The number of phenols is 3. The number of halogens is 2. The van der Waals surface area contributed by atoms with Gasteiger partial charge in [-0.15, -0.1) is 0 Å². The fourth-order valence-electron chi connectivity index (χ4n) is 8.42. The number of hydrogen-bond acceptors (Lipinski definition) is 3. The molecule has 0 aliphatic heterocycles. The van der Waals surface area contributed by atoms with E-state index in [2.05, 4.69) is 89.0 Å². The van der Waals surface area contributed by atoms with E-state index in [0.29, 0.717) is 17.2 Å². The van der Waals surface area contributed by atoms with Gasteiger partial charge >= 0.3 is 0 Å². The molecule has 0 fully saturated rings. The Morgan fingerprint density at radius 1 is 0.404 bits per heavy atom. The van der Waals surface area contributed by atoms with Crippen molar-refractivity contribution in [3.8, 4) is 17.2 Å². The third kappa shape index (κ3) is 19.3. The highest BCUT2D eigenvalue weighted by Crippen LogP contribution is 2.41. The van der Waals surface area contributed by atoms with Crippen LogP contribution in [0.25, 0.3) is 0 Å². The van der Waals surface area contributed by atoms with Crippen LogP contribution in [0.2, 0.25) is 0 Å². The highest BCUT2D eigenvalue weighted by atomic mass is 79.9. The molecule has 3 N–H and O–H groups in total. The summed E-state index contributed by atoms with van der Waals surface area (Å²) in [5, 5.41) is 32.8. The van der Waals surface area contributed by atoms with Crippen molar-refractivity contribution in [1.29, 1.82) is 0 Å². The van der Waals surface area contributed by atoms with Crippen LogP contribution in [0.15, 0.2) is 54.6 Å². The number of aryl methyl sites for hydroxylation is 3. The van der Waals surface area contributed by atoms with Crippen molar-refractivity contribution in [2.75, 3.05) is 0 Å². The normalized spacial score (nSPS) is 12.7. The third-order valence-corrected chi connectivity index (χ3v) is 14.8. The number of benzene rings is 3. The van der Waals surface area contributed by atoms with Gasteiger partial charge in [0, 0.05) is 15.6 Å². The monoisotopic (exact) mass is 910 g/mol. The van der Waals surface area contributed by atoms with Crippen LogP contribution in [0.3, 0.4) is 0 Å². The smallest absolute Gasteiger partial charge is 0.118 e. The minimum atomic E-state index is -0.000817. The topological polar surface area (TPSA) is 60.7 Å². The molecule has 0 spiro atoms. The Hall–Kier alpha value is -1.98. The van der Waals surface area contributed by atoms with Crippen LogP contribution >= 0.6 is 31.9 Å². The Labute approximate surface area is 366 Å². The van der Waals surface area contributed by atoms with E-state index in [1.807, 2.05) is 18.2 Å². The molecule has 2 atom stereocenters. The van der Waals surface area contributed by atoms with Crippen molar-refractivity contribution < 1.29 is 15.3 Å². The average molecular weight is 913 g/mol. The lowest BCUT2D eigenvalue weighted by Gasteiger charge is -2.29. The zero-order valence-electron chi connectivity index (χ0n) is 36.3. The van der Waals surface area contributed by atoms with E-state index in [-0.39, 0.29) is 15.6 Å². The van der Waals surface area contributed by atoms with Crippen LogP contribution in [-0.4, -0.2) is 25.0 Å². The predicted octanol–water partition coefficient (Wildman–Crippen LogP) is 16.8. The van der Waals surface area contributed by atoms with Crippen molar-refractivity contribution in [2.24, 2.45) is 0 Å². The highest BCUT2D eigenvalue weighted by molar-refractivity contribution is 9.12. The summed E-state index contributed by atoms with van der Waals surface area (Å²) in [4.78, 5) is 0.126. The molecule has 2 unspecified atom stereocenters. The maximum Gasteiger partial charge on any atom is 0.118 e. The van der Waals surface area contributed by atoms with E-state index in [9.17, 15) is 15.3 Å². The molecule has 0 aromatic heterocycles. The summed E-state index contributed by atoms with van der Waals surface area (Å²) in [5.41, 5.74) is 6.67. The van der Waals surface area contributed by atoms with Crippen molar-refractivity contribution in [1.82, 2.24) is 0 Å². The van der Waals surface area contributed by atoms with E-state index >= 15 is 0 Å². The molecule has 0 aliphatic carbocycles. The molecule has 0 radical (unpaired) electrons. The van der Waals surface area contributed by atoms with E-state index in [0.717, 1.165) is 61.6 Å². The largest absolute Gasteiger partial charge is 0.508 e. The first-order chi connectivity index (χ1) is 27.8. The minimum Gasteiger partial charge on any atom is -0.508 e. The second-order valence-electron chi connectivity index (χ2n) is 17.1. The molecular weight excluding hydrogens is 832 g/mol. The molecule has 0 bridgehead atoms. The number of unbranched alkanes of at least 4 members (excludes halogenated alkanes) is 21. The van der Waals surface area contributed by atoms with Crippen LogP contribution < -0.4 is 0 Å². The Kier molecular flexibility index (Phi) is 26.1. The molecule has 3 aromatic carbocycles. The lowest BCUT2D eigenvalue weighted by atomic mass is 9.84. The number of aromatic hydroxyl groups is 3. The van der Waals surface area contributed by atoms with Crippen molar-refractivity contribution in [3.63, 3.8) is 0 Å². The Balaban J connectivity index is 1.77. The van der Waals surface area contributed by atoms with Gasteiger partial charge in [-0.1, -0.05) is 224 Å². The third-order valence-electron chi connectivity index (χ3n) is 12.1. The predicted molar refractivity (Wildman–Crippen MR) is 254 cm³/mol. The minimum absolute atomic E-state index is 0.000817. The summed E-state index contributed by atoms with van der Waals surface area (Å²) in [5.74, 6) is 1.17. The van der Waals surface area contributed by atoms with Gasteiger partial charge in [-0.05, 0) is 96.5 Å². The fourth-order valence-corrected chi connectivity index (χ4v) is 9.90. The van der Waals surface area contributed by atoms with Crippen LogP contribution in [0.5, 0.6) is 17.2 Å². The molecule has 320 valence electrons. The zero-order valence-corrected chi connectivity index (χ0v) is 39.5. The van der Waals surface area contributed by atoms with Gasteiger partial charge in [-0.25, -0.2) is 0 Å². The van der Waals surface area contributed by atoms with Crippen LogP contribution in [0.1, 0.15) is 214 Å².